The van der Waals surface area contributed by atoms with Gasteiger partial charge < -0.3 is 10.1 Å². The maximum Gasteiger partial charge on any atom is 0.355 e. The standard InChI is InChI=1S/C23H18INO3/c24-20-13-11-19(12-14-20)22(26)25-21(15-17-7-3-1-4-8-17)23(27)28-16-18-9-5-2-6-10-18/h1-15H,16H2,(H,25,26)/b21-15-. The topological polar surface area (TPSA) is 55.4 Å². The molecule has 0 bridgehead atoms. The van der Waals surface area contributed by atoms with E-state index in [1.165, 1.54) is 0 Å². The molecule has 3 rings (SSSR count). The van der Waals surface area contributed by atoms with Crippen molar-refractivity contribution in [1.82, 2.24) is 5.32 Å². The van der Waals surface area contributed by atoms with Crippen LogP contribution in [0.15, 0.2) is 90.6 Å². The molecule has 28 heavy (non-hydrogen) atoms. The van der Waals surface area contributed by atoms with Crippen LogP contribution < -0.4 is 5.32 Å². The SMILES string of the molecule is O=C(OCc1ccccc1)/C(=C/c1ccccc1)NC(=O)c1ccc(I)cc1. The highest BCUT2D eigenvalue weighted by Crippen LogP contribution is 2.11. The summed E-state index contributed by atoms with van der Waals surface area (Å²) in [5.74, 6) is -0.957. The van der Waals surface area contributed by atoms with Crippen molar-refractivity contribution in [3.8, 4) is 0 Å². The number of amides is 1. The molecule has 0 unspecified atom stereocenters. The van der Waals surface area contributed by atoms with E-state index < -0.39 is 5.97 Å². The monoisotopic (exact) mass is 483 g/mol. The van der Waals surface area contributed by atoms with E-state index in [-0.39, 0.29) is 18.2 Å². The average Bonchev–Trinajstić information content (AvgIpc) is 2.73. The Morgan fingerprint density at radius 3 is 2.11 bits per heavy atom. The van der Waals surface area contributed by atoms with Gasteiger partial charge in [0.25, 0.3) is 5.91 Å². The molecule has 4 nitrogen and oxygen atoms in total. The van der Waals surface area contributed by atoms with Crippen LogP contribution >= 0.6 is 22.6 Å². The summed E-state index contributed by atoms with van der Waals surface area (Å²) in [6.45, 7) is 0.130. The second-order valence-corrected chi connectivity index (χ2v) is 7.24. The summed E-state index contributed by atoms with van der Waals surface area (Å²) in [4.78, 5) is 25.2. The fraction of sp³-hybridized carbons (Fsp3) is 0.0435. The number of hydrogen-bond acceptors (Lipinski definition) is 3. The number of benzene rings is 3. The third-order valence-electron chi connectivity index (χ3n) is 3.90. The van der Waals surface area contributed by atoms with Gasteiger partial charge in [-0.05, 0) is 64.1 Å². The van der Waals surface area contributed by atoms with Crippen molar-refractivity contribution >= 4 is 40.5 Å². The van der Waals surface area contributed by atoms with Crippen molar-refractivity contribution in [3.63, 3.8) is 0 Å². The van der Waals surface area contributed by atoms with Gasteiger partial charge in [0.05, 0.1) is 0 Å². The fourth-order valence-corrected chi connectivity index (χ4v) is 2.82. The first-order chi connectivity index (χ1) is 13.6. The van der Waals surface area contributed by atoms with Gasteiger partial charge in [0.15, 0.2) is 0 Å². The zero-order valence-electron chi connectivity index (χ0n) is 15.0. The maximum absolute atomic E-state index is 12.6. The Hall–Kier alpha value is -2.93. The third-order valence-corrected chi connectivity index (χ3v) is 4.62. The third kappa shape index (κ3) is 5.79. The largest absolute Gasteiger partial charge is 0.456 e. The van der Waals surface area contributed by atoms with E-state index in [0.717, 1.165) is 14.7 Å². The lowest BCUT2D eigenvalue weighted by Gasteiger charge is -2.11. The quantitative estimate of drug-likeness (QED) is 0.311. The minimum absolute atomic E-state index is 0.0886. The lowest BCUT2D eigenvalue weighted by Crippen LogP contribution is -2.28. The fourth-order valence-electron chi connectivity index (χ4n) is 2.46. The Balaban J connectivity index is 1.78. The van der Waals surface area contributed by atoms with E-state index in [4.69, 9.17) is 4.74 Å². The van der Waals surface area contributed by atoms with Crippen molar-refractivity contribution in [2.75, 3.05) is 0 Å². The van der Waals surface area contributed by atoms with Gasteiger partial charge in [0.1, 0.15) is 12.3 Å². The van der Waals surface area contributed by atoms with Crippen molar-refractivity contribution in [1.29, 1.82) is 0 Å². The molecule has 1 amide bonds. The van der Waals surface area contributed by atoms with E-state index in [9.17, 15) is 9.59 Å². The summed E-state index contributed by atoms with van der Waals surface area (Å²) in [5, 5.41) is 2.68. The summed E-state index contributed by atoms with van der Waals surface area (Å²) in [5.41, 5.74) is 2.22. The molecular weight excluding hydrogens is 465 g/mol. The summed E-state index contributed by atoms with van der Waals surface area (Å²) < 4.78 is 6.42. The summed E-state index contributed by atoms with van der Waals surface area (Å²) in [7, 11) is 0. The molecular formula is C23H18INO3. The molecule has 3 aromatic carbocycles. The summed E-state index contributed by atoms with van der Waals surface area (Å²) in [6.07, 6.45) is 1.61. The van der Waals surface area contributed by atoms with E-state index in [0.29, 0.717) is 5.56 Å². The van der Waals surface area contributed by atoms with Crippen LogP contribution in [0.5, 0.6) is 0 Å². The predicted molar refractivity (Wildman–Crippen MR) is 117 cm³/mol. The number of ether oxygens (including phenoxy) is 1. The highest BCUT2D eigenvalue weighted by molar-refractivity contribution is 14.1. The Bertz CT molecular complexity index is 968. The summed E-state index contributed by atoms with van der Waals surface area (Å²) in [6, 6.07) is 25.8. The van der Waals surface area contributed by atoms with Crippen molar-refractivity contribution in [2.24, 2.45) is 0 Å². The lowest BCUT2D eigenvalue weighted by molar-refractivity contribution is -0.140. The number of esters is 1. The molecule has 0 aromatic heterocycles. The molecule has 0 radical (unpaired) electrons. The second-order valence-electron chi connectivity index (χ2n) is 5.99. The molecule has 1 N–H and O–H groups in total. The minimum Gasteiger partial charge on any atom is -0.456 e. The van der Waals surface area contributed by atoms with E-state index in [1.807, 2.05) is 72.8 Å². The van der Waals surface area contributed by atoms with Gasteiger partial charge in [-0.1, -0.05) is 60.7 Å². The van der Waals surface area contributed by atoms with Crippen LogP contribution in [0.4, 0.5) is 0 Å². The van der Waals surface area contributed by atoms with Gasteiger partial charge in [-0.15, -0.1) is 0 Å². The Kier molecular flexibility index (Phi) is 6.97. The molecule has 0 aliphatic rings. The zero-order valence-corrected chi connectivity index (χ0v) is 17.1. The van der Waals surface area contributed by atoms with Crippen molar-refractivity contribution < 1.29 is 14.3 Å². The second kappa shape index (κ2) is 9.85. The van der Waals surface area contributed by atoms with Crippen LogP contribution in [0, 0.1) is 3.57 Å². The number of halogens is 1. The Morgan fingerprint density at radius 2 is 1.46 bits per heavy atom. The average molecular weight is 483 g/mol. The van der Waals surface area contributed by atoms with Crippen LogP contribution in [0.1, 0.15) is 21.5 Å². The lowest BCUT2D eigenvalue weighted by atomic mass is 10.1. The van der Waals surface area contributed by atoms with E-state index >= 15 is 0 Å². The van der Waals surface area contributed by atoms with Crippen LogP contribution in [0.2, 0.25) is 0 Å². The van der Waals surface area contributed by atoms with Gasteiger partial charge in [0, 0.05) is 9.13 Å². The molecule has 0 spiro atoms. The molecule has 0 fully saturated rings. The van der Waals surface area contributed by atoms with Crippen LogP contribution in [0.3, 0.4) is 0 Å². The molecule has 0 heterocycles. The summed E-state index contributed by atoms with van der Waals surface area (Å²) >= 11 is 2.17. The maximum atomic E-state index is 12.6. The number of carbonyl (C=O) groups excluding carboxylic acids is 2. The molecule has 0 saturated carbocycles. The Morgan fingerprint density at radius 1 is 0.857 bits per heavy atom. The number of rotatable bonds is 6. The highest BCUT2D eigenvalue weighted by Gasteiger charge is 2.16. The first-order valence-electron chi connectivity index (χ1n) is 8.66. The zero-order chi connectivity index (χ0) is 19.8. The van der Waals surface area contributed by atoms with Gasteiger partial charge in [-0.25, -0.2) is 4.79 Å². The normalized spacial score (nSPS) is 11.0. The smallest absolute Gasteiger partial charge is 0.355 e. The molecule has 0 atom stereocenters. The molecule has 0 aliphatic heterocycles. The molecule has 0 saturated heterocycles. The Labute approximate surface area is 177 Å². The number of carbonyl (C=O) groups is 2. The van der Waals surface area contributed by atoms with E-state index in [1.54, 1.807) is 18.2 Å². The van der Waals surface area contributed by atoms with Crippen LogP contribution in [-0.4, -0.2) is 11.9 Å². The molecule has 0 aliphatic carbocycles. The van der Waals surface area contributed by atoms with Crippen molar-refractivity contribution in [2.45, 2.75) is 6.61 Å². The number of hydrogen-bond donors (Lipinski definition) is 1. The number of nitrogens with one attached hydrogen (secondary N) is 1. The van der Waals surface area contributed by atoms with E-state index in [2.05, 4.69) is 27.9 Å². The van der Waals surface area contributed by atoms with Crippen LogP contribution in [-0.2, 0) is 16.1 Å². The van der Waals surface area contributed by atoms with Gasteiger partial charge in [0.2, 0.25) is 0 Å². The van der Waals surface area contributed by atoms with Crippen LogP contribution in [0.25, 0.3) is 6.08 Å². The van der Waals surface area contributed by atoms with Gasteiger partial charge in [-0.2, -0.15) is 0 Å². The van der Waals surface area contributed by atoms with Crippen molar-refractivity contribution in [3.05, 3.63) is 111 Å². The first kappa shape index (κ1) is 19.8. The first-order valence-corrected chi connectivity index (χ1v) is 9.74. The van der Waals surface area contributed by atoms with Gasteiger partial charge >= 0.3 is 5.97 Å². The molecule has 3 aromatic rings. The molecule has 5 heteroatoms. The highest BCUT2D eigenvalue weighted by atomic mass is 127. The minimum atomic E-state index is -0.591. The predicted octanol–water partition coefficient (Wildman–Crippen LogP) is 4.81. The van der Waals surface area contributed by atoms with Gasteiger partial charge in [-0.3, -0.25) is 4.79 Å². The molecule has 140 valence electrons.